The van der Waals surface area contributed by atoms with Gasteiger partial charge in [0.25, 0.3) is 0 Å². The zero-order valence-corrected chi connectivity index (χ0v) is 37.1. The number of hydrogen-bond acceptors (Lipinski definition) is 8. The normalized spacial score (nSPS) is 12.5. The Balaban J connectivity index is 4.58. The summed E-state index contributed by atoms with van der Waals surface area (Å²) in [6, 6.07) is 0. The summed E-state index contributed by atoms with van der Waals surface area (Å²) in [6.07, 6.45) is 35.4. The highest BCUT2D eigenvalue weighted by molar-refractivity contribution is 5.69. The number of carbonyl (C=O) groups excluding carboxylic acids is 3. The minimum Gasteiger partial charge on any atom is -0.466 e. The lowest BCUT2D eigenvalue weighted by molar-refractivity contribution is -0.146. The van der Waals surface area contributed by atoms with Crippen molar-refractivity contribution >= 4 is 18.1 Å². The van der Waals surface area contributed by atoms with Crippen LogP contribution in [0.5, 0.6) is 0 Å². The Hall–Kier alpha value is -1.83. The van der Waals surface area contributed by atoms with Crippen molar-refractivity contribution in [2.45, 2.75) is 239 Å². The highest BCUT2D eigenvalue weighted by Crippen LogP contribution is 2.23. The number of unbranched alkanes of at least 4 members (excludes halogenated alkanes) is 22. The van der Waals surface area contributed by atoms with Gasteiger partial charge in [0.05, 0.1) is 19.8 Å². The second-order valence-corrected chi connectivity index (χ2v) is 16.5. The summed E-state index contributed by atoms with van der Waals surface area (Å²) in [5.74, 6) is 0.238. The molecule has 0 heterocycles. The first-order valence-electron chi connectivity index (χ1n) is 23.6. The van der Waals surface area contributed by atoms with E-state index in [4.69, 9.17) is 18.9 Å². The molecule has 0 amide bonds. The highest BCUT2D eigenvalue weighted by atomic mass is 16.7. The van der Waals surface area contributed by atoms with Crippen LogP contribution in [-0.4, -0.2) is 69.6 Å². The molecule has 2 unspecified atom stereocenters. The average molecular weight is 782 g/mol. The SMILES string of the molecule is CCCCCCCCCC(CCCCCCCC)CC(=O)OCCC(CCCCCCCCCCOC(=O)CCCCCCC)OC(=O)OCCCN(C)C. The molecular weight excluding hydrogens is 691 g/mol. The molecule has 0 spiro atoms. The number of hydrogen-bond donors (Lipinski definition) is 0. The molecule has 0 aliphatic heterocycles. The third kappa shape index (κ3) is 40.2. The lowest BCUT2D eigenvalue weighted by Gasteiger charge is -2.19. The van der Waals surface area contributed by atoms with Gasteiger partial charge in [-0.1, -0.05) is 168 Å². The minimum atomic E-state index is -0.624. The van der Waals surface area contributed by atoms with Gasteiger partial charge in [-0.3, -0.25) is 9.59 Å². The maximum atomic E-state index is 13.0. The second-order valence-electron chi connectivity index (χ2n) is 16.5. The summed E-state index contributed by atoms with van der Waals surface area (Å²) >= 11 is 0. The molecule has 0 rings (SSSR count). The summed E-state index contributed by atoms with van der Waals surface area (Å²) in [6.45, 7) is 8.70. The van der Waals surface area contributed by atoms with Crippen molar-refractivity contribution in [2.24, 2.45) is 5.92 Å². The van der Waals surface area contributed by atoms with Crippen molar-refractivity contribution in [1.82, 2.24) is 4.90 Å². The van der Waals surface area contributed by atoms with E-state index >= 15 is 0 Å². The average Bonchev–Trinajstić information content (AvgIpc) is 3.16. The van der Waals surface area contributed by atoms with E-state index in [9.17, 15) is 14.4 Å². The molecule has 0 saturated carbocycles. The molecule has 0 aromatic heterocycles. The van der Waals surface area contributed by atoms with Crippen LogP contribution in [0.3, 0.4) is 0 Å². The van der Waals surface area contributed by atoms with Gasteiger partial charge in [-0.05, 0) is 65.0 Å². The lowest BCUT2D eigenvalue weighted by Crippen LogP contribution is -2.23. The Morgan fingerprint density at radius 3 is 1.40 bits per heavy atom. The number of nitrogens with zero attached hydrogens (tertiary/aromatic N) is 1. The van der Waals surface area contributed by atoms with Crippen LogP contribution in [0.1, 0.15) is 233 Å². The van der Waals surface area contributed by atoms with Crippen LogP contribution in [0.15, 0.2) is 0 Å². The first-order chi connectivity index (χ1) is 26.8. The van der Waals surface area contributed by atoms with E-state index in [2.05, 4.69) is 25.7 Å². The molecule has 0 aromatic rings. The summed E-state index contributed by atoms with van der Waals surface area (Å²) < 4.78 is 22.3. The van der Waals surface area contributed by atoms with E-state index in [1.54, 1.807) is 0 Å². The summed E-state index contributed by atoms with van der Waals surface area (Å²) in [7, 11) is 4.00. The standard InChI is InChI=1S/C47H91NO7/c1-6-9-12-15-19-24-28-34-43(33-27-23-16-13-10-7-2)42-46(50)53-41-37-44(55-47(51)54-40-32-38-48(4)5)35-29-25-20-17-18-21-26-31-39-52-45(49)36-30-22-14-11-8-3/h43-44H,6-42H2,1-5H3. The number of carbonyl (C=O) groups is 3. The van der Waals surface area contributed by atoms with Crippen LogP contribution in [0, 0.1) is 5.92 Å². The third-order valence-corrected chi connectivity index (χ3v) is 10.7. The maximum Gasteiger partial charge on any atom is 0.508 e. The molecular formula is C47H91NO7. The van der Waals surface area contributed by atoms with E-state index < -0.39 is 6.16 Å². The van der Waals surface area contributed by atoms with Gasteiger partial charge in [0, 0.05) is 25.8 Å². The Kier molecular flexibility index (Phi) is 40.4. The topological polar surface area (TPSA) is 91.4 Å². The fourth-order valence-electron chi connectivity index (χ4n) is 7.19. The highest BCUT2D eigenvalue weighted by Gasteiger charge is 2.19. The fraction of sp³-hybridized carbons (Fsp3) is 0.936. The largest absolute Gasteiger partial charge is 0.508 e. The van der Waals surface area contributed by atoms with Crippen LogP contribution < -0.4 is 0 Å². The van der Waals surface area contributed by atoms with E-state index in [0.29, 0.717) is 38.4 Å². The van der Waals surface area contributed by atoms with Crippen LogP contribution in [0.4, 0.5) is 4.79 Å². The maximum absolute atomic E-state index is 13.0. The molecule has 8 heteroatoms. The van der Waals surface area contributed by atoms with Crippen molar-refractivity contribution in [3.8, 4) is 0 Å². The van der Waals surface area contributed by atoms with Gasteiger partial charge in [-0.2, -0.15) is 0 Å². The zero-order valence-electron chi connectivity index (χ0n) is 37.1. The second kappa shape index (κ2) is 41.8. The van der Waals surface area contributed by atoms with Gasteiger partial charge in [0.15, 0.2) is 0 Å². The van der Waals surface area contributed by atoms with Gasteiger partial charge < -0.3 is 23.8 Å². The van der Waals surface area contributed by atoms with E-state index in [-0.39, 0.29) is 24.6 Å². The van der Waals surface area contributed by atoms with E-state index in [0.717, 1.165) is 83.6 Å². The Bertz CT molecular complexity index is 851. The molecule has 0 radical (unpaired) electrons. The van der Waals surface area contributed by atoms with Crippen molar-refractivity contribution in [3.63, 3.8) is 0 Å². The smallest absolute Gasteiger partial charge is 0.466 e. The van der Waals surface area contributed by atoms with Gasteiger partial charge in [-0.25, -0.2) is 4.79 Å². The first kappa shape index (κ1) is 53.2. The number of rotatable bonds is 42. The molecule has 0 aliphatic carbocycles. The minimum absolute atomic E-state index is 0.0453. The molecule has 55 heavy (non-hydrogen) atoms. The third-order valence-electron chi connectivity index (χ3n) is 10.7. The molecule has 0 N–H and O–H groups in total. The predicted molar refractivity (Wildman–Crippen MR) is 230 cm³/mol. The van der Waals surface area contributed by atoms with Gasteiger partial charge in [-0.15, -0.1) is 0 Å². The summed E-state index contributed by atoms with van der Waals surface area (Å²) in [5.41, 5.74) is 0. The molecule has 0 aliphatic rings. The molecule has 326 valence electrons. The molecule has 0 saturated heterocycles. The van der Waals surface area contributed by atoms with Crippen LogP contribution in [0.2, 0.25) is 0 Å². The number of ether oxygens (including phenoxy) is 4. The molecule has 2 atom stereocenters. The van der Waals surface area contributed by atoms with Crippen LogP contribution >= 0.6 is 0 Å². The van der Waals surface area contributed by atoms with Crippen LogP contribution in [0.25, 0.3) is 0 Å². The summed E-state index contributed by atoms with van der Waals surface area (Å²) in [5, 5.41) is 0. The molecule has 0 aromatic carbocycles. The predicted octanol–water partition coefficient (Wildman–Crippen LogP) is 13.7. The Morgan fingerprint density at radius 2 is 0.873 bits per heavy atom. The van der Waals surface area contributed by atoms with Crippen molar-refractivity contribution in [1.29, 1.82) is 0 Å². The first-order valence-corrected chi connectivity index (χ1v) is 23.6. The van der Waals surface area contributed by atoms with E-state index in [1.165, 1.54) is 116 Å². The number of esters is 2. The Labute approximate surface area is 340 Å². The summed E-state index contributed by atoms with van der Waals surface area (Å²) in [4.78, 5) is 39.5. The monoisotopic (exact) mass is 782 g/mol. The van der Waals surface area contributed by atoms with Crippen LogP contribution in [-0.2, 0) is 28.5 Å². The Morgan fingerprint density at radius 1 is 0.436 bits per heavy atom. The quantitative estimate of drug-likeness (QED) is 0.0343. The van der Waals surface area contributed by atoms with Crippen molar-refractivity contribution in [2.75, 3.05) is 40.5 Å². The van der Waals surface area contributed by atoms with E-state index in [1.807, 2.05) is 14.1 Å². The van der Waals surface area contributed by atoms with Crippen molar-refractivity contribution in [3.05, 3.63) is 0 Å². The van der Waals surface area contributed by atoms with Gasteiger partial charge in [0.1, 0.15) is 6.10 Å². The zero-order chi connectivity index (χ0) is 40.5. The lowest BCUT2D eigenvalue weighted by atomic mass is 9.91. The van der Waals surface area contributed by atoms with Crippen molar-refractivity contribution < 1.29 is 33.3 Å². The van der Waals surface area contributed by atoms with Gasteiger partial charge in [0.2, 0.25) is 0 Å². The molecule has 0 fully saturated rings. The van der Waals surface area contributed by atoms with Gasteiger partial charge >= 0.3 is 18.1 Å². The molecule has 0 bridgehead atoms. The fourth-order valence-corrected chi connectivity index (χ4v) is 7.19. The molecule has 8 nitrogen and oxygen atoms in total.